The Hall–Kier alpha value is -2.61. The standard InChI is InChI=1S/C37H54FN4O5SSi/c1-3-4-5-6-7-8-9-10-25-47-35-14-11-30(26-33(35)38)48(44,45)36-28-39-34-13-12-31(49(2)46)27-32(34)37(36)42-17-15-29(16-18-42)41-21-19-40(20-22-41)23-24-43/h11-14,26-29,43,46H,3-10,15-25H2,1-2H3. The molecule has 49 heavy (non-hydrogen) atoms. The van der Waals surface area contributed by atoms with Crippen molar-refractivity contribution in [2.24, 2.45) is 0 Å². The molecular weight excluding hydrogens is 660 g/mol. The number of halogens is 1. The van der Waals surface area contributed by atoms with Gasteiger partial charge in [-0.2, -0.15) is 0 Å². The minimum absolute atomic E-state index is 0.0445. The van der Waals surface area contributed by atoms with E-state index in [0.717, 1.165) is 69.5 Å². The number of aliphatic hydroxyl groups is 1. The highest BCUT2D eigenvalue weighted by Gasteiger charge is 2.32. The van der Waals surface area contributed by atoms with Crippen LogP contribution in [0.4, 0.5) is 10.1 Å². The van der Waals surface area contributed by atoms with Crippen LogP contribution in [0.15, 0.2) is 52.4 Å². The molecule has 3 aromatic rings. The van der Waals surface area contributed by atoms with Crippen LogP contribution in [0, 0.1) is 5.82 Å². The van der Waals surface area contributed by atoms with Crippen molar-refractivity contribution in [3.63, 3.8) is 0 Å². The highest BCUT2D eigenvalue weighted by atomic mass is 32.2. The highest BCUT2D eigenvalue weighted by Crippen LogP contribution is 2.38. The Labute approximate surface area is 293 Å². The lowest BCUT2D eigenvalue weighted by molar-refractivity contribution is 0.0747. The molecule has 269 valence electrons. The maximum Gasteiger partial charge on any atom is 0.239 e. The Kier molecular flexibility index (Phi) is 13.9. The fraction of sp³-hybridized carbons (Fsp3) is 0.595. The lowest BCUT2D eigenvalue weighted by atomic mass is 10.0. The second-order valence-corrected chi connectivity index (χ2v) is 17.2. The Morgan fingerprint density at radius 3 is 2.29 bits per heavy atom. The van der Waals surface area contributed by atoms with E-state index in [1.807, 2.05) is 18.2 Å². The maximum absolute atomic E-state index is 15.3. The van der Waals surface area contributed by atoms with Crippen molar-refractivity contribution >= 4 is 40.7 Å². The number of pyridine rings is 1. The predicted molar refractivity (Wildman–Crippen MR) is 196 cm³/mol. The van der Waals surface area contributed by atoms with Crippen LogP contribution in [-0.4, -0.2) is 107 Å². The minimum atomic E-state index is -4.16. The summed E-state index contributed by atoms with van der Waals surface area (Å²) in [7, 11) is -5.95. The van der Waals surface area contributed by atoms with Crippen molar-refractivity contribution in [3.05, 3.63) is 48.4 Å². The summed E-state index contributed by atoms with van der Waals surface area (Å²) in [5.74, 6) is -0.639. The van der Waals surface area contributed by atoms with Crippen LogP contribution in [0.1, 0.15) is 71.1 Å². The third-order valence-corrected chi connectivity index (χ3v) is 13.0. The first-order valence-corrected chi connectivity index (χ1v) is 21.6. The van der Waals surface area contributed by atoms with Crippen LogP contribution in [-0.2, 0) is 9.84 Å². The van der Waals surface area contributed by atoms with Crippen LogP contribution in [0.2, 0.25) is 6.55 Å². The second-order valence-electron chi connectivity index (χ2n) is 13.5. The van der Waals surface area contributed by atoms with Gasteiger partial charge in [0.25, 0.3) is 0 Å². The number of sulfone groups is 1. The summed E-state index contributed by atoms with van der Waals surface area (Å²) in [5.41, 5.74) is 1.22. The van der Waals surface area contributed by atoms with Gasteiger partial charge in [-0.05, 0) is 61.3 Å². The minimum Gasteiger partial charge on any atom is -0.491 e. The van der Waals surface area contributed by atoms with Crippen LogP contribution in [0.25, 0.3) is 10.9 Å². The monoisotopic (exact) mass is 713 g/mol. The number of benzene rings is 2. The molecule has 0 aliphatic carbocycles. The van der Waals surface area contributed by atoms with E-state index in [9.17, 15) is 18.3 Å². The van der Waals surface area contributed by atoms with E-state index >= 15 is 4.39 Å². The third kappa shape index (κ3) is 9.59. The average molecular weight is 714 g/mol. The molecule has 5 rings (SSSR count). The summed E-state index contributed by atoms with van der Waals surface area (Å²) in [4.78, 5) is 21.9. The number of aromatic nitrogens is 1. The van der Waals surface area contributed by atoms with Gasteiger partial charge in [0, 0.05) is 63.4 Å². The van der Waals surface area contributed by atoms with Gasteiger partial charge in [-0.25, -0.2) is 12.8 Å². The van der Waals surface area contributed by atoms with E-state index in [0.29, 0.717) is 48.9 Å². The zero-order valence-electron chi connectivity index (χ0n) is 29.2. The Morgan fingerprint density at radius 2 is 1.63 bits per heavy atom. The number of piperazine rings is 1. The average Bonchev–Trinajstić information content (AvgIpc) is 3.11. The highest BCUT2D eigenvalue weighted by molar-refractivity contribution is 7.91. The molecule has 12 heteroatoms. The SMILES string of the molecule is CCCCCCCCCCOc1ccc(S(=O)(=O)c2cnc3ccc([Si](C)O)cc3c2N2CCC(N3CCN(CCO)CC3)CC2)cc1F. The van der Waals surface area contributed by atoms with Gasteiger partial charge < -0.3 is 19.5 Å². The van der Waals surface area contributed by atoms with Gasteiger partial charge in [0.1, 0.15) is 4.90 Å². The first kappa shape index (κ1) is 37.6. The molecule has 2 saturated heterocycles. The van der Waals surface area contributed by atoms with Gasteiger partial charge >= 0.3 is 0 Å². The van der Waals surface area contributed by atoms with Gasteiger partial charge in [0.15, 0.2) is 11.6 Å². The zero-order valence-corrected chi connectivity index (χ0v) is 31.1. The van der Waals surface area contributed by atoms with E-state index in [2.05, 4.69) is 26.6 Å². The number of β-amino-alcohol motifs (C(OH)–C–C–N with tert-alkyl or cyclic N) is 1. The van der Waals surface area contributed by atoms with Gasteiger partial charge in [0.05, 0.1) is 29.3 Å². The molecule has 2 fully saturated rings. The molecule has 2 N–H and O–H groups in total. The molecule has 2 aromatic carbocycles. The van der Waals surface area contributed by atoms with Crippen LogP contribution < -0.4 is 14.8 Å². The number of anilines is 1. The quantitative estimate of drug-likeness (QED) is 0.146. The Balaban J connectivity index is 1.33. The van der Waals surface area contributed by atoms with E-state index in [-0.39, 0.29) is 22.1 Å². The van der Waals surface area contributed by atoms with Gasteiger partial charge in [-0.3, -0.25) is 14.8 Å². The fourth-order valence-electron chi connectivity index (χ4n) is 7.17. The summed E-state index contributed by atoms with van der Waals surface area (Å²) in [5, 5.41) is 10.8. The first-order chi connectivity index (χ1) is 23.7. The summed E-state index contributed by atoms with van der Waals surface area (Å²) in [6, 6.07) is 9.87. The lowest BCUT2D eigenvalue weighted by Crippen LogP contribution is -2.53. The van der Waals surface area contributed by atoms with E-state index < -0.39 is 24.7 Å². The molecule has 0 unspecified atom stereocenters. The molecular formula is C37H54FN4O5SSi. The second kappa shape index (κ2) is 18.0. The van der Waals surface area contributed by atoms with E-state index in [4.69, 9.17) is 4.74 Å². The third-order valence-electron chi connectivity index (χ3n) is 10.1. The van der Waals surface area contributed by atoms with Gasteiger partial charge in [-0.1, -0.05) is 57.9 Å². The summed E-state index contributed by atoms with van der Waals surface area (Å²) >= 11 is 0. The number of hydrogen-bond acceptors (Lipinski definition) is 9. The number of rotatable bonds is 17. The van der Waals surface area contributed by atoms with Crippen LogP contribution >= 0.6 is 0 Å². The van der Waals surface area contributed by atoms with Crippen molar-refractivity contribution in [1.82, 2.24) is 14.8 Å². The molecule has 3 heterocycles. The Morgan fingerprint density at radius 1 is 0.939 bits per heavy atom. The first-order valence-electron chi connectivity index (χ1n) is 18.2. The molecule has 9 nitrogen and oxygen atoms in total. The molecule has 1 radical (unpaired) electrons. The number of ether oxygens (including phenoxy) is 1. The smallest absolute Gasteiger partial charge is 0.239 e. The van der Waals surface area contributed by atoms with Crippen molar-refractivity contribution in [3.8, 4) is 5.75 Å². The predicted octanol–water partition coefficient (Wildman–Crippen LogP) is 5.13. The van der Waals surface area contributed by atoms with Crippen molar-refractivity contribution in [2.75, 3.05) is 63.9 Å². The van der Waals surface area contributed by atoms with Crippen molar-refractivity contribution < 1.29 is 27.4 Å². The number of piperidine rings is 1. The largest absolute Gasteiger partial charge is 0.491 e. The Bertz CT molecular complexity index is 1610. The molecule has 0 bridgehead atoms. The lowest BCUT2D eigenvalue weighted by Gasteiger charge is -2.43. The zero-order chi connectivity index (χ0) is 34.8. The molecule has 0 atom stereocenters. The molecule has 2 aliphatic heterocycles. The molecule has 2 aliphatic rings. The number of aliphatic hydroxyl groups excluding tert-OH is 1. The van der Waals surface area contributed by atoms with Crippen molar-refractivity contribution in [1.29, 1.82) is 0 Å². The molecule has 0 spiro atoms. The topological polar surface area (TPSA) is 106 Å². The van der Waals surface area contributed by atoms with Crippen molar-refractivity contribution in [2.45, 2.75) is 93.5 Å². The number of unbranched alkanes of at least 4 members (excludes halogenated alkanes) is 7. The van der Waals surface area contributed by atoms with Gasteiger partial charge in [0.2, 0.25) is 18.9 Å². The van der Waals surface area contributed by atoms with Gasteiger partial charge in [-0.15, -0.1) is 0 Å². The normalized spacial score (nSPS) is 17.0. The maximum atomic E-state index is 15.3. The number of hydrogen-bond donors (Lipinski definition) is 2. The number of fused-ring (bicyclic) bond motifs is 1. The van der Waals surface area contributed by atoms with Crippen LogP contribution in [0.3, 0.4) is 0 Å². The molecule has 1 aromatic heterocycles. The molecule has 0 saturated carbocycles. The fourth-order valence-corrected chi connectivity index (χ4v) is 9.29. The summed E-state index contributed by atoms with van der Waals surface area (Å²) < 4.78 is 49.6. The number of nitrogens with zero attached hydrogens (tertiary/aromatic N) is 4. The molecule has 0 amide bonds. The summed E-state index contributed by atoms with van der Waals surface area (Å²) in [6.07, 6.45) is 12.4. The summed E-state index contributed by atoms with van der Waals surface area (Å²) in [6.45, 7) is 10.4. The van der Waals surface area contributed by atoms with Crippen LogP contribution in [0.5, 0.6) is 5.75 Å². The van der Waals surface area contributed by atoms with E-state index in [1.54, 1.807) is 6.55 Å². The van der Waals surface area contributed by atoms with E-state index in [1.165, 1.54) is 50.4 Å².